The van der Waals surface area contributed by atoms with Gasteiger partial charge in [0.25, 0.3) is 0 Å². The summed E-state index contributed by atoms with van der Waals surface area (Å²) in [4.78, 5) is 32.7. The molecule has 8 nitrogen and oxygen atoms in total. The average molecular weight is 402 g/mol. The predicted molar refractivity (Wildman–Crippen MR) is 102 cm³/mol. The van der Waals surface area contributed by atoms with Crippen molar-refractivity contribution in [2.45, 2.75) is 18.9 Å². The summed E-state index contributed by atoms with van der Waals surface area (Å²) >= 11 is 0. The summed E-state index contributed by atoms with van der Waals surface area (Å²) in [5.41, 5.74) is 1.06. The third kappa shape index (κ3) is 5.55. The Morgan fingerprint density at radius 1 is 0.966 bits per heavy atom. The number of carbonyl (C=O) groups is 3. The van der Waals surface area contributed by atoms with Crippen LogP contribution in [0.15, 0.2) is 36.4 Å². The Morgan fingerprint density at radius 3 is 1.97 bits per heavy atom. The Morgan fingerprint density at radius 2 is 1.48 bits per heavy atom. The van der Waals surface area contributed by atoms with Gasteiger partial charge in [-0.25, -0.2) is 9.59 Å². The van der Waals surface area contributed by atoms with E-state index in [0.717, 1.165) is 12.8 Å². The zero-order chi connectivity index (χ0) is 21.6. The van der Waals surface area contributed by atoms with E-state index < -0.39 is 18.0 Å². The van der Waals surface area contributed by atoms with Gasteiger partial charge in [0.15, 0.2) is 6.29 Å². The summed E-state index contributed by atoms with van der Waals surface area (Å²) in [6, 6.07) is 8.31. The standard InChI is InChI=1S/C12H14O4.C9H8O4/c1-16-12(15)8-4-5-10(13)9(6-8)11(14)7-2-3-7;1-13-9(12)6-2-3-8(11)7(4-6)5-10/h4-7,11,13-14H,2-3H2,1H3;2-5,11H,1H3. The van der Waals surface area contributed by atoms with Crippen LogP contribution < -0.4 is 0 Å². The van der Waals surface area contributed by atoms with Crippen LogP contribution in [-0.2, 0) is 9.47 Å². The first-order valence-electron chi connectivity index (χ1n) is 8.78. The predicted octanol–water partition coefficient (Wildman–Crippen LogP) is 2.61. The van der Waals surface area contributed by atoms with Crippen LogP contribution in [0.2, 0.25) is 0 Å². The molecular formula is C21H22O8. The van der Waals surface area contributed by atoms with E-state index in [1.807, 2.05) is 0 Å². The fraction of sp³-hybridized carbons (Fsp3) is 0.286. The Balaban J connectivity index is 0.000000212. The van der Waals surface area contributed by atoms with Crippen LogP contribution in [0.25, 0.3) is 0 Å². The van der Waals surface area contributed by atoms with Gasteiger partial charge in [0.2, 0.25) is 0 Å². The SMILES string of the molecule is COC(=O)c1ccc(O)c(C(O)C2CC2)c1.COC(=O)c1ccc(O)c(C=O)c1. The summed E-state index contributed by atoms with van der Waals surface area (Å²) in [6.07, 6.45) is 1.71. The van der Waals surface area contributed by atoms with Crippen LogP contribution in [-0.4, -0.2) is 47.8 Å². The smallest absolute Gasteiger partial charge is 0.337 e. The normalized spacial score (nSPS) is 13.5. The molecule has 0 aliphatic heterocycles. The maximum Gasteiger partial charge on any atom is 0.337 e. The van der Waals surface area contributed by atoms with Gasteiger partial charge in [0.05, 0.1) is 37.0 Å². The minimum atomic E-state index is -0.690. The van der Waals surface area contributed by atoms with Gasteiger partial charge in [0.1, 0.15) is 11.5 Å². The molecule has 2 aromatic rings. The van der Waals surface area contributed by atoms with Crippen LogP contribution in [0.1, 0.15) is 55.6 Å². The number of ether oxygens (including phenoxy) is 2. The molecule has 1 unspecified atom stereocenters. The zero-order valence-electron chi connectivity index (χ0n) is 16.0. The van der Waals surface area contributed by atoms with Crippen LogP contribution in [0.4, 0.5) is 0 Å². The number of rotatable bonds is 5. The van der Waals surface area contributed by atoms with Crippen molar-refractivity contribution in [1.82, 2.24) is 0 Å². The molecule has 1 aliphatic rings. The molecule has 0 aromatic heterocycles. The maximum absolute atomic E-state index is 11.3. The van der Waals surface area contributed by atoms with Gasteiger partial charge < -0.3 is 24.8 Å². The molecule has 0 saturated heterocycles. The highest BCUT2D eigenvalue weighted by Gasteiger charge is 2.32. The molecule has 0 amide bonds. The molecule has 2 aromatic carbocycles. The van der Waals surface area contributed by atoms with Crippen LogP contribution in [0.5, 0.6) is 11.5 Å². The lowest BCUT2D eigenvalue weighted by atomic mass is 10.0. The van der Waals surface area contributed by atoms with Crippen LogP contribution >= 0.6 is 0 Å². The van der Waals surface area contributed by atoms with Crippen molar-refractivity contribution in [2.75, 3.05) is 14.2 Å². The number of hydrogen-bond acceptors (Lipinski definition) is 8. The minimum Gasteiger partial charge on any atom is -0.508 e. The number of aromatic hydroxyl groups is 2. The Hall–Kier alpha value is -3.39. The molecule has 0 bridgehead atoms. The second-order valence-corrected chi connectivity index (χ2v) is 6.43. The number of aliphatic hydroxyl groups is 1. The fourth-order valence-corrected chi connectivity index (χ4v) is 2.60. The van der Waals surface area contributed by atoms with Crippen molar-refractivity contribution in [3.05, 3.63) is 58.7 Å². The first-order chi connectivity index (χ1) is 13.8. The number of phenols is 2. The average Bonchev–Trinajstić information content (AvgIpc) is 3.58. The monoisotopic (exact) mass is 402 g/mol. The highest BCUT2D eigenvalue weighted by Crippen LogP contribution is 2.43. The lowest BCUT2D eigenvalue weighted by molar-refractivity contribution is 0.0591. The molecule has 29 heavy (non-hydrogen) atoms. The zero-order valence-corrected chi connectivity index (χ0v) is 16.0. The molecule has 3 N–H and O–H groups in total. The molecule has 3 rings (SSSR count). The Bertz CT molecular complexity index is 902. The van der Waals surface area contributed by atoms with E-state index >= 15 is 0 Å². The lowest BCUT2D eigenvalue weighted by Crippen LogP contribution is -2.05. The molecule has 0 spiro atoms. The Kier molecular flexibility index (Phi) is 7.33. The largest absolute Gasteiger partial charge is 0.508 e. The van der Waals surface area contributed by atoms with Gasteiger partial charge in [-0.2, -0.15) is 0 Å². The van der Waals surface area contributed by atoms with Gasteiger partial charge in [-0.1, -0.05) is 0 Å². The molecular weight excluding hydrogens is 380 g/mol. The number of esters is 2. The summed E-state index contributed by atoms with van der Waals surface area (Å²) in [5.74, 6) is -0.930. The second kappa shape index (κ2) is 9.70. The number of carbonyl (C=O) groups excluding carboxylic acids is 3. The van der Waals surface area contributed by atoms with Crippen molar-refractivity contribution < 1.29 is 39.2 Å². The van der Waals surface area contributed by atoms with E-state index in [1.165, 1.54) is 50.6 Å². The highest BCUT2D eigenvalue weighted by molar-refractivity contribution is 5.92. The van der Waals surface area contributed by atoms with E-state index in [1.54, 1.807) is 0 Å². The molecule has 1 fully saturated rings. The molecule has 154 valence electrons. The molecule has 0 heterocycles. The van der Waals surface area contributed by atoms with E-state index in [2.05, 4.69) is 9.47 Å². The molecule has 8 heteroatoms. The van der Waals surface area contributed by atoms with Gasteiger partial charge >= 0.3 is 11.9 Å². The van der Waals surface area contributed by atoms with Gasteiger partial charge in [0, 0.05) is 5.56 Å². The van der Waals surface area contributed by atoms with Crippen LogP contribution in [0.3, 0.4) is 0 Å². The fourth-order valence-electron chi connectivity index (χ4n) is 2.60. The number of aldehydes is 1. The number of benzene rings is 2. The molecule has 1 atom stereocenters. The lowest BCUT2D eigenvalue weighted by Gasteiger charge is -2.12. The summed E-state index contributed by atoms with van der Waals surface area (Å²) in [6.45, 7) is 0. The van der Waals surface area contributed by atoms with Gasteiger partial charge in [-0.3, -0.25) is 4.79 Å². The molecule has 1 aliphatic carbocycles. The first kappa shape index (κ1) is 21.9. The quantitative estimate of drug-likeness (QED) is 0.514. The number of aliphatic hydroxyl groups excluding tert-OH is 1. The van der Waals surface area contributed by atoms with Gasteiger partial charge in [-0.15, -0.1) is 0 Å². The molecule has 0 radical (unpaired) electrons. The third-order valence-corrected chi connectivity index (χ3v) is 4.41. The van der Waals surface area contributed by atoms with Crippen molar-refractivity contribution in [2.24, 2.45) is 5.92 Å². The summed E-state index contributed by atoms with van der Waals surface area (Å²) < 4.78 is 9.02. The van der Waals surface area contributed by atoms with Gasteiger partial charge in [-0.05, 0) is 55.2 Å². The van der Waals surface area contributed by atoms with Crippen molar-refractivity contribution >= 4 is 18.2 Å². The minimum absolute atomic E-state index is 0.0204. The van der Waals surface area contributed by atoms with E-state index in [0.29, 0.717) is 17.4 Å². The van der Waals surface area contributed by atoms with Crippen LogP contribution in [0, 0.1) is 5.92 Å². The maximum atomic E-state index is 11.3. The second-order valence-electron chi connectivity index (χ2n) is 6.43. The topological polar surface area (TPSA) is 130 Å². The highest BCUT2D eigenvalue weighted by atomic mass is 16.5. The number of hydrogen-bond donors (Lipinski definition) is 3. The summed E-state index contributed by atoms with van der Waals surface area (Å²) in [5, 5.41) is 28.6. The van der Waals surface area contributed by atoms with Crippen molar-refractivity contribution in [3.63, 3.8) is 0 Å². The number of methoxy groups -OCH3 is 2. The Labute approximate surface area is 167 Å². The van der Waals surface area contributed by atoms with E-state index in [9.17, 15) is 24.6 Å². The third-order valence-electron chi connectivity index (χ3n) is 4.41. The first-order valence-corrected chi connectivity index (χ1v) is 8.78. The van der Waals surface area contributed by atoms with Crippen molar-refractivity contribution in [1.29, 1.82) is 0 Å². The summed E-state index contributed by atoms with van der Waals surface area (Å²) in [7, 11) is 2.54. The van der Waals surface area contributed by atoms with E-state index in [-0.39, 0.29) is 28.5 Å². The molecule has 1 saturated carbocycles. The number of phenolic OH excluding ortho intramolecular Hbond substituents is 2. The van der Waals surface area contributed by atoms with Crippen molar-refractivity contribution in [3.8, 4) is 11.5 Å². The van der Waals surface area contributed by atoms with E-state index in [4.69, 9.17) is 5.11 Å².